The molecule has 0 saturated heterocycles. The number of nitriles is 1. The topological polar surface area (TPSA) is 163 Å². The lowest BCUT2D eigenvalue weighted by atomic mass is 9.95. The van der Waals surface area contributed by atoms with Crippen molar-refractivity contribution >= 4 is 41.9 Å². The standard InChI is InChI=1S/C61H56N8O5PS.CH4.3CH3/c62-42-46(39-61(70)71)9-7-27-69-56-14-3-4-15-59(56)76-60-38-45(16-17-57(60)69)8-1-2-10-52-40-51-11-6-26-63-55(51)41-58(52)68-34-24-50(25-35-68)49-22-32-67(33-23-49)44-54-13-5-12-53(64-54)43-66-30-20-48(21-31-66)47-18-28-65(29-19-47)36-37-75(72,73)74;;;;/h3-6,11-26,28-35,38-41,57,60H,1-2,7-10,27,36-37,43-44H2;1H4;3*1H3/q+1;;3*-1/p+3/b46-39-;;;;. The van der Waals surface area contributed by atoms with Gasteiger partial charge >= 0.3 is 13.6 Å². The maximum atomic E-state index is 11.3. The van der Waals surface area contributed by atoms with Gasteiger partial charge in [0.25, 0.3) is 0 Å². The van der Waals surface area contributed by atoms with Crippen LogP contribution in [0.5, 0.6) is 0 Å². The summed E-state index contributed by atoms with van der Waals surface area (Å²) in [5.41, 5.74) is 12.5. The molecular formula is C65H72N8O5PS+. The molecule has 80 heavy (non-hydrogen) atoms. The van der Waals surface area contributed by atoms with Crippen molar-refractivity contribution in [3.63, 3.8) is 0 Å². The number of hydrogen-bond donors (Lipinski definition) is 3. The molecule has 2 atom stereocenters. The second-order valence-electron chi connectivity index (χ2n) is 19.3. The summed E-state index contributed by atoms with van der Waals surface area (Å²) < 4.78 is 19.5. The lowest BCUT2D eigenvalue weighted by molar-refractivity contribution is -0.692. The molecule has 10 rings (SSSR count). The first-order chi connectivity index (χ1) is 37.0. The van der Waals surface area contributed by atoms with Crippen LogP contribution in [0.1, 0.15) is 56.5 Å². The van der Waals surface area contributed by atoms with Gasteiger partial charge in [0.15, 0.2) is 69.2 Å². The van der Waals surface area contributed by atoms with Crippen LogP contribution in [0.4, 0.5) is 5.69 Å². The van der Waals surface area contributed by atoms with E-state index in [9.17, 15) is 29.5 Å². The minimum absolute atomic E-state index is 0. The molecule has 0 fully saturated rings. The van der Waals surface area contributed by atoms with Crippen LogP contribution in [0, 0.1) is 33.6 Å². The van der Waals surface area contributed by atoms with E-state index >= 15 is 0 Å². The van der Waals surface area contributed by atoms with E-state index in [1.165, 1.54) is 21.7 Å². The summed E-state index contributed by atoms with van der Waals surface area (Å²) in [6.07, 6.45) is 31.1. The van der Waals surface area contributed by atoms with E-state index in [1.807, 2.05) is 67.0 Å². The number of pyridine rings is 6. The van der Waals surface area contributed by atoms with Crippen molar-refractivity contribution in [3.05, 3.63) is 246 Å². The smallest absolute Gasteiger partial charge is 0.331 e. The minimum atomic E-state index is -4.04. The van der Waals surface area contributed by atoms with Gasteiger partial charge < -0.3 is 42.1 Å². The largest absolute Gasteiger partial charge is 0.478 e. The van der Waals surface area contributed by atoms with Gasteiger partial charge in [0, 0.05) is 94.8 Å². The van der Waals surface area contributed by atoms with E-state index < -0.39 is 13.6 Å². The number of nitrogens with zero attached hydrogens (tertiary/aromatic N) is 8. The molecule has 8 aromatic rings. The molecule has 0 bridgehead atoms. The van der Waals surface area contributed by atoms with Gasteiger partial charge in [-0.15, -0.1) is 11.8 Å². The van der Waals surface area contributed by atoms with Crippen LogP contribution >= 0.6 is 19.4 Å². The van der Waals surface area contributed by atoms with Crippen LogP contribution in [0.3, 0.4) is 0 Å². The number of aliphatic carboxylic acids is 1. The van der Waals surface area contributed by atoms with E-state index in [-0.39, 0.29) is 53.7 Å². The Bertz CT molecular complexity index is 3560. The highest BCUT2D eigenvalue weighted by Gasteiger charge is 2.34. The van der Waals surface area contributed by atoms with Gasteiger partial charge in [-0.25, -0.2) is 14.3 Å². The first-order valence-electron chi connectivity index (χ1n) is 25.6. The number of anilines is 1. The first-order valence-corrected chi connectivity index (χ1v) is 28.3. The van der Waals surface area contributed by atoms with Crippen molar-refractivity contribution in [2.24, 2.45) is 0 Å². The molecular weight excluding hydrogens is 1040 g/mol. The zero-order valence-electron chi connectivity index (χ0n) is 45.0. The number of aryl methyl sites for hydroxylation is 2. The molecule has 1 aliphatic heterocycles. The molecule has 0 radical (unpaired) electrons. The third-order valence-electron chi connectivity index (χ3n) is 13.9. The van der Waals surface area contributed by atoms with Gasteiger partial charge in [-0.2, -0.15) is 19.0 Å². The highest BCUT2D eigenvalue weighted by atomic mass is 32.2. The SMILES string of the molecule is C.N#C/C(=C\C(=O)O)CCCN1c2ccccc2SC2C=C(CCCCc3cc4cccnc4cc3-[n+]3ccc(-c4cc[n+](Cc5cccc(C[n+]6ccc(-c7cc[n+](CCP(=O)(O)O)cc7)cc6)n5)cc4)cc3)C=CC21.[CH3-].[CH3-].[CH3-]. The van der Waals surface area contributed by atoms with E-state index in [4.69, 9.17) is 9.97 Å². The van der Waals surface area contributed by atoms with Crippen molar-refractivity contribution in [1.29, 1.82) is 5.26 Å². The van der Waals surface area contributed by atoms with Crippen molar-refractivity contribution in [3.8, 4) is 34.0 Å². The summed E-state index contributed by atoms with van der Waals surface area (Å²) >= 11 is 1.91. The summed E-state index contributed by atoms with van der Waals surface area (Å²) in [6, 6.07) is 42.2. The van der Waals surface area contributed by atoms with Gasteiger partial charge in [0.1, 0.15) is 17.5 Å². The highest BCUT2D eigenvalue weighted by Crippen LogP contribution is 2.45. The number of hydrogen-bond acceptors (Lipinski definition) is 7. The summed E-state index contributed by atoms with van der Waals surface area (Å²) in [7, 11) is -4.04. The van der Waals surface area contributed by atoms with E-state index in [2.05, 4.69) is 159 Å². The van der Waals surface area contributed by atoms with Crippen LogP contribution in [0.15, 0.2) is 211 Å². The Labute approximate surface area is 476 Å². The Morgan fingerprint density at radius 1 is 0.738 bits per heavy atom. The molecule has 0 spiro atoms. The third-order valence-corrected chi connectivity index (χ3v) is 16.0. The highest BCUT2D eigenvalue weighted by molar-refractivity contribution is 8.00. The predicted octanol–water partition coefficient (Wildman–Crippen LogP) is 11.2. The summed E-state index contributed by atoms with van der Waals surface area (Å²) in [4.78, 5) is 43.0. The minimum Gasteiger partial charge on any atom is -0.478 e. The molecule has 412 valence electrons. The number of carboxylic acids is 1. The molecule has 2 aliphatic rings. The molecule has 2 aromatic carbocycles. The van der Waals surface area contributed by atoms with Gasteiger partial charge in [0.05, 0.1) is 28.6 Å². The average Bonchev–Trinajstić information content (AvgIpc) is 3.45. The number of carboxylic acid groups (broad SMARTS) is 1. The van der Waals surface area contributed by atoms with Gasteiger partial charge in [-0.3, -0.25) is 9.55 Å². The fraction of sp³-hybridized carbons (Fsp3) is 0.215. The Morgan fingerprint density at radius 2 is 1.34 bits per heavy atom. The maximum absolute atomic E-state index is 11.3. The summed E-state index contributed by atoms with van der Waals surface area (Å²) in [5.74, 6) is -1.08. The van der Waals surface area contributed by atoms with Gasteiger partial charge in [-0.05, 0) is 97.2 Å². The molecule has 13 nitrogen and oxygen atoms in total. The first kappa shape index (κ1) is 61.3. The molecule has 7 heterocycles. The Morgan fingerprint density at radius 3 is 1.95 bits per heavy atom. The molecule has 1 aliphatic carbocycles. The number of benzene rings is 2. The van der Waals surface area contributed by atoms with Gasteiger partial charge in [0.2, 0.25) is 5.69 Å². The molecule has 0 saturated carbocycles. The molecule has 0 amide bonds. The molecule has 2 unspecified atom stereocenters. The molecule has 15 heteroatoms. The number of unbranched alkanes of at least 4 members (excludes halogenated alkanes) is 1. The van der Waals surface area contributed by atoms with Crippen LogP contribution in [0.25, 0.3) is 38.8 Å². The lowest BCUT2D eigenvalue weighted by Crippen LogP contribution is -2.45. The second kappa shape index (κ2) is 28.3. The maximum Gasteiger partial charge on any atom is 0.331 e. The normalized spacial score (nSPS) is 14.4. The van der Waals surface area contributed by atoms with E-state index in [0.717, 1.165) is 88.5 Å². The lowest BCUT2D eigenvalue weighted by Gasteiger charge is -2.42. The zero-order valence-corrected chi connectivity index (χ0v) is 46.7. The number of thioether (sulfide) groups is 1. The molecule has 6 aromatic heterocycles. The zero-order chi connectivity index (χ0) is 52.4. The van der Waals surface area contributed by atoms with Crippen molar-refractivity contribution < 1.29 is 42.5 Å². The van der Waals surface area contributed by atoms with Crippen LogP contribution in [-0.2, 0) is 35.4 Å². The number of allylic oxidation sites excluding steroid dienone is 3. The number of fused-ring (bicyclic) bond motifs is 3. The van der Waals surface area contributed by atoms with Crippen molar-refractivity contribution in [1.82, 2.24) is 9.97 Å². The fourth-order valence-corrected chi connectivity index (χ4v) is 11.9. The van der Waals surface area contributed by atoms with Gasteiger partial charge in [-0.1, -0.05) is 55.5 Å². The number of aromatic nitrogens is 6. The molecule has 3 N–H and O–H groups in total. The van der Waals surface area contributed by atoms with Crippen LogP contribution < -0.4 is 23.2 Å². The Hall–Kier alpha value is -7.92. The number of carbonyl (C=O) groups is 1. The van der Waals surface area contributed by atoms with Crippen molar-refractivity contribution in [2.75, 3.05) is 17.6 Å². The fourth-order valence-electron chi connectivity index (χ4n) is 10.0. The summed E-state index contributed by atoms with van der Waals surface area (Å²) in [5, 5.41) is 20.0. The van der Waals surface area contributed by atoms with Crippen molar-refractivity contribution in [2.45, 2.75) is 81.8 Å². The summed E-state index contributed by atoms with van der Waals surface area (Å²) in [6.45, 7) is 2.25. The predicted molar refractivity (Wildman–Crippen MR) is 319 cm³/mol. The number of rotatable bonds is 20. The van der Waals surface area contributed by atoms with E-state index in [1.54, 1.807) is 4.57 Å². The third kappa shape index (κ3) is 15.7. The van der Waals surface area contributed by atoms with Crippen LogP contribution in [0.2, 0.25) is 0 Å². The number of para-hydroxylation sites is 1. The monoisotopic (exact) mass is 1110 g/mol. The van der Waals surface area contributed by atoms with Crippen LogP contribution in [-0.4, -0.2) is 54.8 Å². The average molecular weight is 1110 g/mol. The Balaban J connectivity index is 0.00000258. The van der Waals surface area contributed by atoms with E-state index in [0.29, 0.717) is 31.5 Å². The Kier molecular flexibility index (Phi) is 21.7. The second-order valence-corrected chi connectivity index (χ2v) is 22.3. The quantitative estimate of drug-likeness (QED) is 0.0167.